The maximum absolute atomic E-state index is 12.5. The van der Waals surface area contributed by atoms with Crippen molar-refractivity contribution < 1.29 is 13.2 Å². The number of nitrogens with one attached hydrogen (secondary N) is 1. The van der Waals surface area contributed by atoms with E-state index >= 15 is 0 Å². The zero-order valence-corrected chi connectivity index (χ0v) is 15.0. The second kappa shape index (κ2) is 5.97. The summed E-state index contributed by atoms with van der Waals surface area (Å²) in [5.41, 5.74) is 3.68. The summed E-state index contributed by atoms with van der Waals surface area (Å²) in [6, 6.07) is 10.3. The van der Waals surface area contributed by atoms with Crippen LogP contribution < -0.4 is 5.32 Å². The van der Waals surface area contributed by atoms with E-state index in [4.69, 9.17) is 0 Å². The van der Waals surface area contributed by atoms with E-state index < -0.39 is 15.8 Å². The first-order chi connectivity index (χ1) is 12.0. The van der Waals surface area contributed by atoms with E-state index in [2.05, 4.69) is 17.5 Å². The number of carbonyl (C=O) groups excluding carboxylic acids is 1. The third-order valence-corrected chi connectivity index (χ3v) is 7.77. The van der Waals surface area contributed by atoms with E-state index in [0.717, 1.165) is 28.8 Å². The first-order valence-corrected chi connectivity index (χ1v) is 10.8. The molecule has 1 aliphatic heterocycles. The number of aryl methyl sites for hydroxylation is 2. The third kappa shape index (κ3) is 2.86. The Morgan fingerprint density at radius 3 is 2.80 bits per heavy atom. The molecule has 1 saturated heterocycles. The van der Waals surface area contributed by atoms with Gasteiger partial charge in [-0.25, -0.2) is 8.42 Å². The van der Waals surface area contributed by atoms with Gasteiger partial charge in [-0.1, -0.05) is 24.3 Å². The molecule has 2 heterocycles. The Labute approximate surface area is 150 Å². The van der Waals surface area contributed by atoms with Crippen molar-refractivity contribution in [3.8, 4) is 17.2 Å². The topological polar surface area (TPSA) is 87.0 Å². The standard InChI is InChI=1S/C18H16N2O3S2/c19-9-14-16-13-4-2-1-3-11(13)5-6-15(16)24-18(14)20-17(21)12-7-8-25(22,23)10-12/h1-4,12H,5-8,10H2,(H,20,21)/t12-/m1/s1. The van der Waals surface area contributed by atoms with Gasteiger partial charge in [0.1, 0.15) is 11.1 Å². The predicted octanol–water partition coefficient (Wildman–Crippen LogP) is 2.76. The molecule has 1 aliphatic carbocycles. The molecule has 0 bridgehead atoms. The molecule has 1 aromatic heterocycles. The van der Waals surface area contributed by atoms with E-state index in [0.29, 0.717) is 17.0 Å². The number of carbonyl (C=O) groups is 1. The molecule has 0 saturated carbocycles. The quantitative estimate of drug-likeness (QED) is 0.878. The molecule has 4 rings (SSSR count). The highest BCUT2D eigenvalue weighted by atomic mass is 32.2. The number of sulfone groups is 1. The van der Waals surface area contributed by atoms with Crippen LogP contribution in [0.2, 0.25) is 0 Å². The Morgan fingerprint density at radius 1 is 1.28 bits per heavy atom. The van der Waals surface area contributed by atoms with E-state index in [1.165, 1.54) is 16.9 Å². The highest BCUT2D eigenvalue weighted by Gasteiger charge is 2.34. The highest BCUT2D eigenvalue weighted by molar-refractivity contribution is 7.91. The lowest BCUT2D eigenvalue weighted by molar-refractivity contribution is -0.119. The van der Waals surface area contributed by atoms with Crippen molar-refractivity contribution in [3.63, 3.8) is 0 Å². The van der Waals surface area contributed by atoms with Crippen molar-refractivity contribution in [1.82, 2.24) is 0 Å². The Balaban J connectivity index is 1.68. The summed E-state index contributed by atoms with van der Waals surface area (Å²) in [4.78, 5) is 13.6. The molecule has 1 amide bonds. The molecule has 7 heteroatoms. The van der Waals surface area contributed by atoms with Gasteiger partial charge in [-0.3, -0.25) is 4.79 Å². The lowest BCUT2D eigenvalue weighted by Crippen LogP contribution is -2.23. The molecule has 1 fully saturated rings. The van der Waals surface area contributed by atoms with Gasteiger partial charge in [-0.2, -0.15) is 5.26 Å². The summed E-state index contributed by atoms with van der Waals surface area (Å²) >= 11 is 1.43. The minimum absolute atomic E-state index is 0.0600. The molecule has 128 valence electrons. The van der Waals surface area contributed by atoms with Crippen LogP contribution in [-0.4, -0.2) is 25.8 Å². The molecule has 0 spiro atoms. The minimum Gasteiger partial charge on any atom is -0.316 e. The van der Waals surface area contributed by atoms with Gasteiger partial charge in [-0.15, -0.1) is 11.3 Å². The van der Waals surface area contributed by atoms with Crippen LogP contribution in [0.15, 0.2) is 24.3 Å². The Morgan fingerprint density at radius 2 is 2.08 bits per heavy atom. The number of rotatable bonds is 2. The molecule has 5 nitrogen and oxygen atoms in total. The second-order valence-corrected chi connectivity index (χ2v) is 9.80. The van der Waals surface area contributed by atoms with Crippen LogP contribution in [0.5, 0.6) is 0 Å². The van der Waals surface area contributed by atoms with Gasteiger partial charge in [-0.05, 0) is 30.4 Å². The summed E-state index contributed by atoms with van der Waals surface area (Å²) in [7, 11) is -3.11. The normalized spacial score (nSPS) is 20.4. The van der Waals surface area contributed by atoms with Crippen LogP contribution in [0, 0.1) is 17.2 Å². The van der Waals surface area contributed by atoms with Crippen LogP contribution in [0.25, 0.3) is 11.1 Å². The van der Waals surface area contributed by atoms with Gasteiger partial charge in [0.25, 0.3) is 0 Å². The third-order valence-electron chi connectivity index (χ3n) is 4.84. The Kier molecular flexibility index (Phi) is 3.89. The average Bonchev–Trinajstić information content (AvgIpc) is 3.14. The van der Waals surface area contributed by atoms with Crippen LogP contribution >= 0.6 is 11.3 Å². The summed E-state index contributed by atoms with van der Waals surface area (Å²) in [5, 5.41) is 13.0. The molecular formula is C18H16N2O3S2. The fourth-order valence-corrected chi connectivity index (χ4v) is 6.49. The largest absolute Gasteiger partial charge is 0.316 e. The number of nitriles is 1. The smallest absolute Gasteiger partial charge is 0.229 e. The van der Waals surface area contributed by atoms with Crippen molar-refractivity contribution in [1.29, 1.82) is 5.26 Å². The SMILES string of the molecule is N#Cc1c(NC(=O)[C@@H]2CCS(=O)(=O)C2)sc2c1-c1ccccc1CC2. The number of thiophene rings is 1. The van der Waals surface area contributed by atoms with Crippen LogP contribution in [0.4, 0.5) is 5.00 Å². The first kappa shape index (κ1) is 16.3. The number of fused-ring (bicyclic) bond motifs is 3. The Bertz CT molecular complexity index is 1020. The maximum atomic E-state index is 12.5. The van der Waals surface area contributed by atoms with Gasteiger partial charge in [0.15, 0.2) is 9.84 Å². The molecule has 0 unspecified atom stereocenters. The number of benzene rings is 1. The number of amides is 1. The zero-order chi connectivity index (χ0) is 17.6. The predicted molar refractivity (Wildman–Crippen MR) is 97.3 cm³/mol. The molecular weight excluding hydrogens is 356 g/mol. The lowest BCUT2D eigenvalue weighted by atomic mass is 9.88. The number of anilines is 1. The van der Waals surface area contributed by atoms with Crippen molar-refractivity contribution in [3.05, 3.63) is 40.3 Å². The molecule has 1 aromatic carbocycles. The highest BCUT2D eigenvalue weighted by Crippen LogP contribution is 2.44. The van der Waals surface area contributed by atoms with Crippen LogP contribution in [0.3, 0.4) is 0 Å². The molecule has 2 aromatic rings. The molecule has 0 radical (unpaired) electrons. The summed E-state index contributed by atoms with van der Waals surface area (Å²) in [6.45, 7) is 0. The van der Waals surface area contributed by atoms with Crippen molar-refractivity contribution in [2.45, 2.75) is 19.3 Å². The fourth-order valence-electron chi connectivity index (χ4n) is 3.58. The second-order valence-electron chi connectivity index (χ2n) is 6.46. The van der Waals surface area contributed by atoms with E-state index in [9.17, 15) is 18.5 Å². The summed E-state index contributed by atoms with van der Waals surface area (Å²) in [5.74, 6) is -0.869. The minimum atomic E-state index is -3.11. The number of hydrogen-bond acceptors (Lipinski definition) is 5. The van der Waals surface area contributed by atoms with Crippen molar-refractivity contribution in [2.75, 3.05) is 16.8 Å². The maximum Gasteiger partial charge on any atom is 0.229 e. The monoisotopic (exact) mass is 372 g/mol. The molecule has 1 atom stereocenters. The van der Waals surface area contributed by atoms with Gasteiger partial charge in [0.05, 0.1) is 23.0 Å². The summed E-state index contributed by atoms with van der Waals surface area (Å²) < 4.78 is 23.2. The fraction of sp³-hybridized carbons (Fsp3) is 0.333. The molecule has 1 N–H and O–H groups in total. The van der Waals surface area contributed by atoms with Crippen molar-refractivity contribution >= 4 is 32.1 Å². The van der Waals surface area contributed by atoms with Gasteiger partial charge in [0.2, 0.25) is 5.91 Å². The average molecular weight is 372 g/mol. The van der Waals surface area contributed by atoms with Crippen LogP contribution in [-0.2, 0) is 27.5 Å². The zero-order valence-electron chi connectivity index (χ0n) is 13.4. The molecule has 2 aliphatic rings. The number of hydrogen-bond donors (Lipinski definition) is 1. The van der Waals surface area contributed by atoms with Gasteiger partial charge < -0.3 is 5.32 Å². The number of nitrogens with zero attached hydrogens (tertiary/aromatic N) is 1. The van der Waals surface area contributed by atoms with E-state index in [-0.39, 0.29) is 17.4 Å². The van der Waals surface area contributed by atoms with Crippen LogP contribution in [0.1, 0.15) is 22.4 Å². The lowest BCUT2D eigenvalue weighted by Gasteiger charge is -2.16. The molecule has 25 heavy (non-hydrogen) atoms. The summed E-state index contributed by atoms with van der Waals surface area (Å²) in [6.07, 6.45) is 2.12. The van der Waals surface area contributed by atoms with Gasteiger partial charge in [0, 0.05) is 10.4 Å². The Hall–Kier alpha value is -2.17. The van der Waals surface area contributed by atoms with E-state index in [1.54, 1.807) is 0 Å². The van der Waals surface area contributed by atoms with E-state index in [1.807, 2.05) is 18.2 Å². The first-order valence-electron chi connectivity index (χ1n) is 8.14. The van der Waals surface area contributed by atoms with Crippen molar-refractivity contribution in [2.24, 2.45) is 5.92 Å². The van der Waals surface area contributed by atoms with Gasteiger partial charge >= 0.3 is 0 Å².